The quantitative estimate of drug-likeness (QED) is 0.692. The van der Waals surface area contributed by atoms with E-state index in [0.29, 0.717) is 13.1 Å². The molecule has 158 valence electrons. The van der Waals surface area contributed by atoms with Gasteiger partial charge in [0, 0.05) is 36.5 Å². The molecule has 0 aromatic heterocycles. The molecule has 4 nitrogen and oxygen atoms in total. The van der Waals surface area contributed by atoms with Gasteiger partial charge in [-0.05, 0) is 55.5 Å². The first-order chi connectivity index (χ1) is 14.6. The zero-order valence-corrected chi connectivity index (χ0v) is 18.5. The van der Waals surface area contributed by atoms with Crippen LogP contribution in [0.5, 0.6) is 0 Å². The van der Waals surface area contributed by atoms with Gasteiger partial charge in [-0.15, -0.1) is 11.8 Å². The third kappa shape index (κ3) is 4.27. The summed E-state index contributed by atoms with van der Waals surface area (Å²) in [5, 5.41) is 0. The summed E-state index contributed by atoms with van der Waals surface area (Å²) >= 11 is 1.88. The molecule has 0 aliphatic carbocycles. The van der Waals surface area contributed by atoms with Crippen LogP contribution < -0.4 is 0 Å². The van der Waals surface area contributed by atoms with Crippen LogP contribution in [0.4, 0.5) is 0 Å². The van der Waals surface area contributed by atoms with Crippen molar-refractivity contribution < 1.29 is 9.59 Å². The maximum Gasteiger partial charge on any atom is 0.254 e. The topological polar surface area (TPSA) is 40.6 Å². The Morgan fingerprint density at radius 2 is 1.57 bits per heavy atom. The molecule has 0 N–H and O–H groups in total. The molecule has 4 rings (SSSR count). The van der Waals surface area contributed by atoms with Gasteiger partial charge in [0.05, 0.1) is 4.87 Å². The number of piperidine rings is 1. The molecule has 2 aliphatic heterocycles. The van der Waals surface area contributed by atoms with Gasteiger partial charge in [-0.2, -0.15) is 0 Å². The molecule has 0 atom stereocenters. The Balaban J connectivity index is 1.40. The molecule has 1 spiro atoms. The van der Waals surface area contributed by atoms with E-state index in [1.54, 1.807) is 0 Å². The van der Waals surface area contributed by atoms with Gasteiger partial charge in [0.15, 0.2) is 0 Å². The second kappa shape index (κ2) is 9.25. The van der Waals surface area contributed by atoms with Crippen LogP contribution in [0.1, 0.15) is 58.9 Å². The molecule has 0 bridgehead atoms. The number of hydrogen-bond donors (Lipinski definition) is 0. The summed E-state index contributed by atoms with van der Waals surface area (Å²) in [5.74, 6) is 1.19. The number of nitrogens with zero attached hydrogens (tertiary/aromatic N) is 2. The fourth-order valence-corrected chi connectivity index (χ4v) is 5.94. The number of amides is 2. The molecule has 0 radical (unpaired) electrons. The van der Waals surface area contributed by atoms with Crippen LogP contribution in [0.2, 0.25) is 0 Å². The van der Waals surface area contributed by atoms with Crippen molar-refractivity contribution in [1.29, 1.82) is 0 Å². The zero-order valence-electron chi connectivity index (χ0n) is 17.7. The maximum absolute atomic E-state index is 13.1. The van der Waals surface area contributed by atoms with E-state index in [0.717, 1.165) is 42.7 Å². The van der Waals surface area contributed by atoms with E-state index in [4.69, 9.17) is 0 Å². The highest BCUT2D eigenvalue weighted by Crippen LogP contribution is 2.44. The number of unbranched alkanes of at least 4 members (excludes halogenated alkanes) is 1. The van der Waals surface area contributed by atoms with Gasteiger partial charge in [-0.1, -0.05) is 43.7 Å². The molecule has 0 unspecified atom stereocenters. The number of benzene rings is 2. The minimum absolute atomic E-state index is 0.107. The maximum atomic E-state index is 13.1. The summed E-state index contributed by atoms with van der Waals surface area (Å²) in [6.45, 7) is 4.37. The highest BCUT2D eigenvalue weighted by Gasteiger charge is 2.47. The van der Waals surface area contributed by atoms with E-state index < -0.39 is 0 Å². The molecule has 2 aliphatic rings. The van der Waals surface area contributed by atoms with Crippen molar-refractivity contribution in [2.45, 2.75) is 43.9 Å². The lowest BCUT2D eigenvalue weighted by molar-refractivity contribution is 0.0498. The third-order valence-corrected chi connectivity index (χ3v) is 7.85. The van der Waals surface area contributed by atoms with Gasteiger partial charge in [0.25, 0.3) is 11.8 Å². The van der Waals surface area contributed by atoms with Gasteiger partial charge in [-0.25, -0.2) is 0 Å². The first kappa shape index (κ1) is 21.0. The van der Waals surface area contributed by atoms with Crippen molar-refractivity contribution in [3.8, 4) is 0 Å². The minimum Gasteiger partial charge on any atom is -0.338 e. The Labute approximate surface area is 183 Å². The fourth-order valence-electron chi connectivity index (χ4n) is 4.48. The molecule has 5 heteroatoms. The lowest BCUT2D eigenvalue weighted by atomic mass is 9.99. The van der Waals surface area contributed by atoms with Crippen LogP contribution in [0.25, 0.3) is 0 Å². The third-order valence-electron chi connectivity index (χ3n) is 6.30. The van der Waals surface area contributed by atoms with Crippen molar-refractivity contribution in [2.24, 2.45) is 0 Å². The lowest BCUT2D eigenvalue weighted by Crippen LogP contribution is -2.53. The Bertz CT molecular complexity index is 874. The summed E-state index contributed by atoms with van der Waals surface area (Å²) < 4.78 is 0. The van der Waals surface area contributed by atoms with E-state index in [2.05, 4.69) is 24.0 Å². The molecule has 30 heavy (non-hydrogen) atoms. The Hall–Kier alpha value is -2.27. The van der Waals surface area contributed by atoms with E-state index in [9.17, 15) is 9.59 Å². The highest BCUT2D eigenvalue weighted by atomic mass is 32.2. The number of aryl methyl sites for hydroxylation is 1. The number of thioether (sulfide) groups is 1. The van der Waals surface area contributed by atoms with Crippen molar-refractivity contribution in [3.05, 3.63) is 71.3 Å². The van der Waals surface area contributed by atoms with E-state index in [-0.39, 0.29) is 16.7 Å². The van der Waals surface area contributed by atoms with E-state index >= 15 is 0 Å². The van der Waals surface area contributed by atoms with Crippen molar-refractivity contribution >= 4 is 23.6 Å². The van der Waals surface area contributed by atoms with Crippen LogP contribution in [0.15, 0.2) is 54.6 Å². The van der Waals surface area contributed by atoms with Crippen LogP contribution in [0, 0.1) is 0 Å². The second-order valence-electron chi connectivity index (χ2n) is 8.21. The Morgan fingerprint density at radius 3 is 2.23 bits per heavy atom. The van der Waals surface area contributed by atoms with Crippen LogP contribution in [-0.4, -0.2) is 51.9 Å². The molecule has 2 aromatic rings. The summed E-state index contributed by atoms with van der Waals surface area (Å²) in [5.41, 5.74) is 2.81. The molecule has 2 aromatic carbocycles. The van der Waals surface area contributed by atoms with Crippen LogP contribution in [0.3, 0.4) is 0 Å². The first-order valence-corrected chi connectivity index (χ1v) is 12.0. The largest absolute Gasteiger partial charge is 0.338 e. The molecular weight excluding hydrogens is 392 g/mol. The first-order valence-electron chi connectivity index (χ1n) is 11.0. The molecule has 2 fully saturated rings. The summed E-state index contributed by atoms with van der Waals surface area (Å²) in [4.78, 5) is 29.9. The molecular formula is C25H30N2O2S. The monoisotopic (exact) mass is 422 g/mol. The second-order valence-corrected chi connectivity index (χ2v) is 9.67. The fraction of sp³-hybridized carbons (Fsp3) is 0.440. The normalized spacial score (nSPS) is 18.0. The molecule has 2 saturated heterocycles. The lowest BCUT2D eigenvalue weighted by Gasteiger charge is -2.44. The van der Waals surface area contributed by atoms with Gasteiger partial charge in [0.2, 0.25) is 0 Å². The SMILES string of the molecule is CCCCc1ccc(C(=O)N2CCC3(CC2)SCCN3C(=O)c2ccccc2)cc1. The smallest absolute Gasteiger partial charge is 0.254 e. The van der Waals surface area contributed by atoms with Crippen molar-refractivity contribution in [2.75, 3.05) is 25.4 Å². The molecule has 2 amide bonds. The average molecular weight is 423 g/mol. The standard InChI is InChI=1S/C25H30N2O2S/c1-2-3-7-20-10-12-22(13-11-20)23(28)26-16-14-25(15-17-26)27(18-19-30-25)24(29)21-8-5-4-6-9-21/h4-6,8-13H,2-3,7,14-19H2,1H3. The van der Waals surface area contributed by atoms with Gasteiger partial charge >= 0.3 is 0 Å². The van der Waals surface area contributed by atoms with E-state index in [1.165, 1.54) is 18.4 Å². The summed E-state index contributed by atoms with van der Waals surface area (Å²) in [6.07, 6.45) is 5.09. The van der Waals surface area contributed by atoms with Crippen molar-refractivity contribution in [3.63, 3.8) is 0 Å². The summed E-state index contributed by atoms with van der Waals surface area (Å²) in [7, 11) is 0. The number of likely N-dealkylation sites (tertiary alicyclic amines) is 1. The number of carbonyl (C=O) groups is 2. The van der Waals surface area contributed by atoms with Gasteiger partial charge in [-0.3, -0.25) is 9.59 Å². The summed E-state index contributed by atoms with van der Waals surface area (Å²) in [6, 6.07) is 17.6. The predicted octanol–water partition coefficient (Wildman–Crippen LogP) is 4.85. The Morgan fingerprint density at radius 1 is 0.900 bits per heavy atom. The van der Waals surface area contributed by atoms with E-state index in [1.807, 2.05) is 59.1 Å². The highest BCUT2D eigenvalue weighted by molar-refractivity contribution is 8.00. The Kier molecular flexibility index (Phi) is 6.47. The molecule has 2 heterocycles. The average Bonchev–Trinajstić information content (AvgIpc) is 3.21. The zero-order chi connectivity index (χ0) is 21.0. The van der Waals surface area contributed by atoms with Gasteiger partial charge < -0.3 is 9.80 Å². The predicted molar refractivity (Wildman–Crippen MR) is 123 cm³/mol. The minimum atomic E-state index is -0.173. The van der Waals surface area contributed by atoms with Crippen LogP contribution >= 0.6 is 11.8 Å². The van der Waals surface area contributed by atoms with Gasteiger partial charge in [0.1, 0.15) is 0 Å². The number of hydrogen-bond acceptors (Lipinski definition) is 3. The number of carbonyl (C=O) groups excluding carboxylic acids is 2. The van der Waals surface area contributed by atoms with Crippen molar-refractivity contribution in [1.82, 2.24) is 9.80 Å². The molecule has 0 saturated carbocycles. The van der Waals surface area contributed by atoms with Crippen LogP contribution in [-0.2, 0) is 6.42 Å². The number of rotatable bonds is 5.